The molecule has 4 saturated carbocycles. The summed E-state index contributed by atoms with van der Waals surface area (Å²) in [6.07, 6.45) is 8.02. The van der Waals surface area contributed by atoms with Crippen LogP contribution in [-0.4, -0.2) is 42.5 Å². The van der Waals surface area contributed by atoms with Gasteiger partial charge in [-0.15, -0.1) is 0 Å². The molecule has 0 aromatic carbocycles. The zero-order valence-electron chi connectivity index (χ0n) is 23.5. The molecule has 0 saturated heterocycles. The Morgan fingerprint density at radius 1 is 0.892 bits per heavy atom. The molecule has 0 radical (unpaired) electrons. The van der Waals surface area contributed by atoms with Crippen molar-refractivity contribution in [2.45, 2.75) is 118 Å². The van der Waals surface area contributed by atoms with Crippen LogP contribution < -0.4 is 0 Å². The Balaban J connectivity index is 1.72. The van der Waals surface area contributed by atoms with Crippen molar-refractivity contribution in [2.24, 2.45) is 46.3 Å². The number of hydrogen-bond donors (Lipinski definition) is 0. The highest BCUT2D eigenvalue weighted by Gasteiger charge is 2.67. The molecule has 4 rings (SSSR count). The molecule has 37 heavy (non-hydrogen) atoms. The topological polar surface area (TPSA) is 96.0 Å². The van der Waals surface area contributed by atoms with Gasteiger partial charge in [0.2, 0.25) is 0 Å². The first kappa shape index (κ1) is 28.1. The van der Waals surface area contributed by atoms with E-state index in [0.29, 0.717) is 18.3 Å². The third kappa shape index (κ3) is 5.08. The normalized spacial score (nSPS) is 43.4. The third-order valence-electron chi connectivity index (χ3n) is 11.1. The summed E-state index contributed by atoms with van der Waals surface area (Å²) in [7, 11) is 0. The maximum Gasteiger partial charge on any atom is 0.302 e. The molecule has 0 bridgehead atoms. The standard InChI is InChI=1S/C30H46O7/c1-17(8-7-13-31)23-9-10-24-28-25(16-27(30(23,24)6)37-20(4)34)29(5)12-11-22(35-18(2)32)14-21(29)15-26(28)36-19(3)33/h13,17,21-28H,7-12,14-16H2,1-6H3/t17-,21+,22-,23-,24+,25+,26-,27+,28+,29+,30-/m1/s1. The third-order valence-corrected chi connectivity index (χ3v) is 11.1. The number of carbonyl (C=O) groups is 4. The monoisotopic (exact) mass is 518 g/mol. The Hall–Kier alpha value is -1.92. The minimum absolute atomic E-state index is 0.00108. The fourth-order valence-electron chi connectivity index (χ4n) is 9.65. The molecule has 0 amide bonds. The van der Waals surface area contributed by atoms with E-state index in [0.717, 1.165) is 57.7 Å². The summed E-state index contributed by atoms with van der Waals surface area (Å²) < 4.78 is 17.9. The van der Waals surface area contributed by atoms with E-state index < -0.39 is 0 Å². The van der Waals surface area contributed by atoms with Crippen molar-refractivity contribution in [1.82, 2.24) is 0 Å². The van der Waals surface area contributed by atoms with E-state index in [1.54, 1.807) is 0 Å². The lowest BCUT2D eigenvalue weighted by atomic mass is 9.43. The van der Waals surface area contributed by atoms with Gasteiger partial charge >= 0.3 is 17.9 Å². The molecule has 0 heterocycles. The first-order valence-corrected chi connectivity index (χ1v) is 14.4. The zero-order chi connectivity index (χ0) is 27.1. The molecule has 11 atom stereocenters. The Bertz CT molecular complexity index is 900. The molecule has 4 aliphatic carbocycles. The number of carbonyl (C=O) groups excluding carboxylic acids is 4. The molecule has 0 aliphatic heterocycles. The summed E-state index contributed by atoms with van der Waals surface area (Å²) in [6, 6.07) is 0. The summed E-state index contributed by atoms with van der Waals surface area (Å²) in [5, 5.41) is 0. The van der Waals surface area contributed by atoms with Crippen LogP contribution in [0.15, 0.2) is 0 Å². The molecule has 4 aliphatic rings. The molecule has 4 fully saturated rings. The number of aldehydes is 1. The van der Waals surface area contributed by atoms with Crippen LogP contribution in [0, 0.1) is 46.3 Å². The number of esters is 3. The van der Waals surface area contributed by atoms with Crippen molar-refractivity contribution >= 4 is 24.2 Å². The van der Waals surface area contributed by atoms with Crippen molar-refractivity contribution in [2.75, 3.05) is 0 Å². The Kier molecular flexibility index (Phi) is 8.11. The van der Waals surface area contributed by atoms with Crippen LogP contribution in [0.1, 0.15) is 99.3 Å². The van der Waals surface area contributed by atoms with E-state index in [4.69, 9.17) is 14.2 Å². The smallest absolute Gasteiger partial charge is 0.302 e. The summed E-state index contributed by atoms with van der Waals surface area (Å²) in [6.45, 7) is 11.4. The van der Waals surface area contributed by atoms with E-state index in [9.17, 15) is 19.2 Å². The van der Waals surface area contributed by atoms with Gasteiger partial charge in [0.05, 0.1) is 0 Å². The molecule has 0 aromatic rings. The van der Waals surface area contributed by atoms with Gasteiger partial charge in [-0.3, -0.25) is 14.4 Å². The van der Waals surface area contributed by atoms with Gasteiger partial charge in [-0.05, 0) is 86.4 Å². The Labute approximate surface area is 221 Å². The molecule has 7 nitrogen and oxygen atoms in total. The Morgan fingerprint density at radius 2 is 1.57 bits per heavy atom. The summed E-state index contributed by atoms with van der Waals surface area (Å²) >= 11 is 0. The van der Waals surface area contributed by atoms with Crippen LogP contribution in [0.3, 0.4) is 0 Å². The van der Waals surface area contributed by atoms with Crippen LogP contribution in [0.4, 0.5) is 0 Å². The van der Waals surface area contributed by atoms with Crippen LogP contribution >= 0.6 is 0 Å². The lowest BCUT2D eigenvalue weighted by Crippen LogP contribution is -2.63. The predicted octanol–water partition coefficient (Wildman–Crippen LogP) is 5.28. The second-order valence-electron chi connectivity index (χ2n) is 13.0. The van der Waals surface area contributed by atoms with Gasteiger partial charge in [0.15, 0.2) is 0 Å². The maximum absolute atomic E-state index is 12.4. The number of hydrogen-bond acceptors (Lipinski definition) is 7. The van der Waals surface area contributed by atoms with Gasteiger partial charge in [0, 0.05) is 38.5 Å². The van der Waals surface area contributed by atoms with Crippen LogP contribution in [0.25, 0.3) is 0 Å². The molecular weight excluding hydrogens is 472 g/mol. The summed E-state index contributed by atoms with van der Waals surface area (Å²) in [4.78, 5) is 47.5. The van der Waals surface area contributed by atoms with Crippen molar-refractivity contribution in [3.8, 4) is 0 Å². The maximum atomic E-state index is 12.4. The highest BCUT2D eigenvalue weighted by atomic mass is 16.6. The minimum atomic E-state index is -0.252. The number of rotatable bonds is 7. The van der Waals surface area contributed by atoms with Gasteiger partial charge in [-0.25, -0.2) is 0 Å². The van der Waals surface area contributed by atoms with E-state index in [2.05, 4.69) is 20.8 Å². The quantitative estimate of drug-likeness (QED) is 0.257. The number of fused-ring (bicyclic) bond motifs is 5. The lowest BCUT2D eigenvalue weighted by molar-refractivity contribution is -0.224. The molecular formula is C30H46O7. The lowest BCUT2D eigenvalue weighted by Gasteiger charge is -2.64. The van der Waals surface area contributed by atoms with Crippen LogP contribution in [0.5, 0.6) is 0 Å². The SMILES string of the molecule is CC(=O)O[C@@H]1CC[C@@]2(C)[C@@H](C1)C[C@@H](OC(C)=O)[C@@H]1[C@@H]2C[C@H](OC(C)=O)[C@]2(C)[C@@H]([C@H](C)CCC=O)CC[C@@H]12. The van der Waals surface area contributed by atoms with E-state index in [-0.39, 0.29) is 70.7 Å². The molecule has 0 aromatic heterocycles. The van der Waals surface area contributed by atoms with Gasteiger partial charge in [-0.1, -0.05) is 20.8 Å². The van der Waals surface area contributed by atoms with E-state index in [1.807, 2.05) is 0 Å². The largest absolute Gasteiger partial charge is 0.463 e. The van der Waals surface area contributed by atoms with Crippen LogP contribution in [-0.2, 0) is 33.4 Å². The zero-order valence-corrected chi connectivity index (χ0v) is 23.5. The Morgan fingerprint density at radius 3 is 2.19 bits per heavy atom. The fourth-order valence-corrected chi connectivity index (χ4v) is 9.65. The summed E-state index contributed by atoms with van der Waals surface area (Å²) in [5.41, 5.74) is -0.232. The van der Waals surface area contributed by atoms with Gasteiger partial charge < -0.3 is 19.0 Å². The molecule has 7 heteroatoms. The van der Waals surface area contributed by atoms with Crippen LogP contribution in [0.2, 0.25) is 0 Å². The second kappa shape index (κ2) is 10.7. The van der Waals surface area contributed by atoms with Crippen molar-refractivity contribution in [1.29, 1.82) is 0 Å². The van der Waals surface area contributed by atoms with Gasteiger partial charge in [0.1, 0.15) is 24.6 Å². The van der Waals surface area contributed by atoms with Crippen molar-refractivity contribution in [3.63, 3.8) is 0 Å². The molecule has 0 unspecified atom stereocenters. The second-order valence-corrected chi connectivity index (χ2v) is 13.0. The highest BCUT2D eigenvalue weighted by Crippen LogP contribution is 2.69. The van der Waals surface area contributed by atoms with E-state index in [1.165, 1.54) is 20.8 Å². The molecule has 208 valence electrons. The first-order chi connectivity index (χ1) is 17.4. The predicted molar refractivity (Wildman–Crippen MR) is 137 cm³/mol. The fraction of sp³-hybridized carbons (Fsp3) is 0.867. The molecule has 0 N–H and O–H groups in total. The van der Waals surface area contributed by atoms with Gasteiger partial charge in [0.25, 0.3) is 0 Å². The summed E-state index contributed by atoms with van der Waals surface area (Å²) in [5.74, 6) is 0.923. The number of ether oxygens (including phenoxy) is 3. The molecule has 0 spiro atoms. The van der Waals surface area contributed by atoms with Gasteiger partial charge in [-0.2, -0.15) is 0 Å². The van der Waals surface area contributed by atoms with Crippen molar-refractivity contribution < 1.29 is 33.4 Å². The average Bonchev–Trinajstić information content (AvgIpc) is 3.16. The van der Waals surface area contributed by atoms with E-state index >= 15 is 0 Å². The highest BCUT2D eigenvalue weighted by molar-refractivity contribution is 5.67. The van der Waals surface area contributed by atoms with Crippen molar-refractivity contribution in [3.05, 3.63) is 0 Å². The minimum Gasteiger partial charge on any atom is -0.463 e. The average molecular weight is 519 g/mol. The first-order valence-electron chi connectivity index (χ1n) is 14.4.